The first kappa shape index (κ1) is 14.8. The van der Waals surface area contributed by atoms with E-state index < -0.39 is 10.7 Å². The van der Waals surface area contributed by atoms with Crippen molar-refractivity contribution in [3.05, 3.63) is 75.1 Å². The van der Waals surface area contributed by atoms with Gasteiger partial charge in [-0.3, -0.25) is 14.6 Å². The minimum atomic E-state index is -0.671. The number of hydrogen-bond acceptors (Lipinski definition) is 7. The number of nitro benzene ring substituents is 1. The molecule has 4 aromatic rings. The number of benzene rings is 2. The average Bonchev–Trinajstić information content (AvgIpc) is 3.19. The molecule has 0 N–H and O–H groups in total. The fourth-order valence-corrected chi connectivity index (χ4v) is 2.47. The van der Waals surface area contributed by atoms with E-state index in [4.69, 9.17) is 8.94 Å². The largest absolute Gasteiger partial charge is 0.442 e. The third-order valence-electron chi connectivity index (χ3n) is 3.65. The van der Waals surface area contributed by atoms with Crippen LogP contribution in [0, 0.1) is 10.1 Å². The van der Waals surface area contributed by atoms with Crippen LogP contribution in [0.15, 0.2) is 62.3 Å². The predicted molar refractivity (Wildman–Crippen MR) is 86.0 cm³/mol. The van der Waals surface area contributed by atoms with Crippen LogP contribution in [-0.2, 0) is 6.54 Å². The fourth-order valence-electron chi connectivity index (χ4n) is 2.47. The van der Waals surface area contributed by atoms with Crippen LogP contribution >= 0.6 is 0 Å². The van der Waals surface area contributed by atoms with Crippen LogP contribution in [0.1, 0.15) is 5.89 Å². The number of aromatic nitrogens is 3. The summed E-state index contributed by atoms with van der Waals surface area (Å²) in [6.45, 7) is 0.0311. The van der Waals surface area contributed by atoms with E-state index >= 15 is 0 Å². The maximum Gasteiger partial charge on any atom is 0.442 e. The molecule has 0 aliphatic rings. The number of nitrogens with zero attached hydrogens (tertiary/aromatic N) is 4. The molecule has 9 nitrogen and oxygen atoms in total. The lowest BCUT2D eigenvalue weighted by Gasteiger charge is -2.01. The monoisotopic (exact) mass is 338 g/mol. The highest BCUT2D eigenvalue weighted by Crippen LogP contribution is 2.21. The van der Waals surface area contributed by atoms with Crippen molar-refractivity contribution in [1.82, 2.24) is 14.7 Å². The van der Waals surface area contributed by atoms with Crippen LogP contribution in [0.5, 0.6) is 0 Å². The van der Waals surface area contributed by atoms with Gasteiger partial charge in [-0.25, -0.2) is 14.3 Å². The minimum Gasteiger partial charge on any atom is -0.439 e. The first-order chi connectivity index (χ1) is 12.1. The summed E-state index contributed by atoms with van der Waals surface area (Å²) < 4.78 is 11.6. The lowest BCUT2D eigenvalue weighted by molar-refractivity contribution is -0.384. The smallest absolute Gasteiger partial charge is 0.439 e. The van der Waals surface area contributed by atoms with Gasteiger partial charge in [-0.05, 0) is 24.3 Å². The van der Waals surface area contributed by atoms with Crippen molar-refractivity contribution in [3.8, 4) is 11.4 Å². The summed E-state index contributed by atoms with van der Waals surface area (Å²) in [7, 11) is 0. The average molecular weight is 338 g/mol. The maximum absolute atomic E-state index is 12.0. The molecule has 2 aromatic heterocycles. The van der Waals surface area contributed by atoms with Crippen molar-refractivity contribution in [3.63, 3.8) is 0 Å². The number of oxazole rings is 1. The Morgan fingerprint density at radius 2 is 1.88 bits per heavy atom. The van der Waals surface area contributed by atoms with E-state index in [1.165, 1.54) is 28.8 Å². The van der Waals surface area contributed by atoms with E-state index in [-0.39, 0.29) is 18.1 Å². The summed E-state index contributed by atoms with van der Waals surface area (Å²) in [5, 5.41) is 14.5. The van der Waals surface area contributed by atoms with Crippen LogP contribution in [0.2, 0.25) is 0 Å². The van der Waals surface area contributed by atoms with Crippen molar-refractivity contribution < 1.29 is 13.9 Å². The second kappa shape index (κ2) is 5.71. The van der Waals surface area contributed by atoms with E-state index in [0.29, 0.717) is 22.6 Å². The number of fused-ring (bicyclic) bond motifs is 1. The van der Waals surface area contributed by atoms with Crippen LogP contribution in [0.25, 0.3) is 22.5 Å². The zero-order chi connectivity index (χ0) is 17.4. The third-order valence-corrected chi connectivity index (χ3v) is 3.65. The SMILES string of the molecule is O=c1onc(-c2ccc([N+](=O)[O-])cc2)n1Cc1nc2ccccc2o1. The lowest BCUT2D eigenvalue weighted by atomic mass is 10.2. The normalized spacial score (nSPS) is 11.0. The molecule has 0 amide bonds. The van der Waals surface area contributed by atoms with Gasteiger partial charge in [0.2, 0.25) is 5.89 Å². The Balaban J connectivity index is 1.72. The van der Waals surface area contributed by atoms with Gasteiger partial charge in [0.25, 0.3) is 5.69 Å². The van der Waals surface area contributed by atoms with Crippen LogP contribution < -0.4 is 5.76 Å². The van der Waals surface area contributed by atoms with Gasteiger partial charge in [0.05, 0.1) is 4.92 Å². The molecule has 0 aliphatic heterocycles. The second-order valence-corrected chi connectivity index (χ2v) is 5.24. The summed E-state index contributed by atoms with van der Waals surface area (Å²) >= 11 is 0. The Morgan fingerprint density at radius 1 is 1.12 bits per heavy atom. The number of hydrogen-bond donors (Lipinski definition) is 0. The quantitative estimate of drug-likeness (QED) is 0.414. The molecule has 2 heterocycles. The third kappa shape index (κ3) is 2.67. The predicted octanol–water partition coefficient (Wildman–Crippen LogP) is 2.60. The van der Waals surface area contributed by atoms with Crippen molar-refractivity contribution in [2.24, 2.45) is 0 Å². The van der Waals surface area contributed by atoms with Crippen molar-refractivity contribution in [1.29, 1.82) is 0 Å². The van der Waals surface area contributed by atoms with E-state index in [0.717, 1.165) is 0 Å². The van der Waals surface area contributed by atoms with Gasteiger partial charge in [0.15, 0.2) is 11.4 Å². The summed E-state index contributed by atoms with van der Waals surface area (Å²) in [6.07, 6.45) is 0. The minimum absolute atomic E-state index is 0.0311. The first-order valence-electron chi connectivity index (χ1n) is 7.27. The summed E-state index contributed by atoms with van der Waals surface area (Å²) in [4.78, 5) is 26.5. The molecule has 2 aromatic carbocycles. The van der Waals surface area contributed by atoms with Crippen molar-refractivity contribution in [2.75, 3.05) is 0 Å². The van der Waals surface area contributed by atoms with E-state index in [2.05, 4.69) is 10.1 Å². The molecule has 0 bridgehead atoms. The van der Waals surface area contributed by atoms with Gasteiger partial charge in [0.1, 0.15) is 12.1 Å². The van der Waals surface area contributed by atoms with Gasteiger partial charge in [-0.2, -0.15) is 0 Å². The Hall–Kier alpha value is -3.75. The standard InChI is InChI=1S/C16H10N4O5/c21-16-19(9-14-17-12-3-1-2-4-13(12)24-14)15(18-25-16)10-5-7-11(8-6-10)20(22)23/h1-8H,9H2. The van der Waals surface area contributed by atoms with Crippen LogP contribution in [0.3, 0.4) is 0 Å². The molecular formula is C16H10N4O5. The van der Waals surface area contributed by atoms with Gasteiger partial charge in [-0.1, -0.05) is 17.3 Å². The zero-order valence-corrected chi connectivity index (χ0v) is 12.7. The number of non-ortho nitro benzene ring substituents is 1. The molecule has 0 saturated carbocycles. The van der Waals surface area contributed by atoms with Gasteiger partial charge in [0, 0.05) is 17.7 Å². The molecule has 0 atom stereocenters. The second-order valence-electron chi connectivity index (χ2n) is 5.24. The van der Waals surface area contributed by atoms with Crippen molar-refractivity contribution >= 4 is 16.8 Å². The van der Waals surface area contributed by atoms with E-state index in [9.17, 15) is 14.9 Å². The topological polar surface area (TPSA) is 117 Å². The molecule has 0 unspecified atom stereocenters. The molecule has 9 heteroatoms. The van der Waals surface area contributed by atoms with Gasteiger partial charge < -0.3 is 4.42 Å². The Morgan fingerprint density at radius 3 is 2.60 bits per heavy atom. The summed E-state index contributed by atoms with van der Waals surface area (Å²) in [6, 6.07) is 12.9. The van der Waals surface area contributed by atoms with Crippen LogP contribution in [-0.4, -0.2) is 19.6 Å². The Labute approximate surface area is 139 Å². The molecular weight excluding hydrogens is 328 g/mol. The van der Waals surface area contributed by atoms with E-state index in [1.807, 2.05) is 12.1 Å². The van der Waals surface area contributed by atoms with Gasteiger partial charge >= 0.3 is 5.76 Å². The summed E-state index contributed by atoms with van der Waals surface area (Å²) in [5.74, 6) is -0.104. The van der Waals surface area contributed by atoms with E-state index in [1.54, 1.807) is 12.1 Å². The molecule has 0 radical (unpaired) electrons. The highest BCUT2D eigenvalue weighted by Gasteiger charge is 2.17. The van der Waals surface area contributed by atoms with Crippen LogP contribution in [0.4, 0.5) is 5.69 Å². The molecule has 0 saturated heterocycles. The Kier molecular flexibility index (Phi) is 3.38. The number of rotatable bonds is 4. The zero-order valence-electron chi connectivity index (χ0n) is 12.7. The highest BCUT2D eigenvalue weighted by molar-refractivity contribution is 5.72. The molecule has 0 spiro atoms. The fraction of sp³-hybridized carbons (Fsp3) is 0.0625. The summed E-state index contributed by atoms with van der Waals surface area (Å²) in [5.41, 5.74) is 1.74. The maximum atomic E-state index is 12.0. The Bertz CT molecular complexity index is 1090. The molecule has 25 heavy (non-hydrogen) atoms. The highest BCUT2D eigenvalue weighted by atomic mass is 16.6. The molecule has 124 valence electrons. The lowest BCUT2D eigenvalue weighted by Crippen LogP contribution is -2.16. The van der Waals surface area contributed by atoms with Crippen molar-refractivity contribution in [2.45, 2.75) is 6.54 Å². The molecule has 0 fully saturated rings. The first-order valence-corrected chi connectivity index (χ1v) is 7.27. The molecule has 0 aliphatic carbocycles. The number of nitro groups is 1. The van der Waals surface area contributed by atoms with Gasteiger partial charge in [-0.15, -0.1) is 0 Å². The number of para-hydroxylation sites is 2. The molecule has 4 rings (SSSR count).